The molecule has 0 heteroatoms. The molecule has 0 heterocycles. The molecule has 8 aliphatic carbocycles. The maximum atomic E-state index is 2.79. The van der Waals surface area contributed by atoms with Crippen molar-refractivity contribution in [3.8, 4) is 0 Å². The van der Waals surface area contributed by atoms with Crippen LogP contribution in [-0.4, -0.2) is 0 Å². The molecular weight excluding hydrogens is 1010 g/mol. The zero-order valence-corrected chi connectivity index (χ0v) is 53.8. The van der Waals surface area contributed by atoms with Crippen LogP contribution in [0, 0.1) is 105 Å². The third kappa shape index (κ3) is 10.8. The molecule has 0 bridgehead atoms. The van der Waals surface area contributed by atoms with E-state index in [2.05, 4.69) is 289 Å². The lowest BCUT2D eigenvalue weighted by Crippen LogP contribution is -2.47. The molecule has 0 radical (unpaired) electrons. The minimum atomic E-state index is -0.122. The highest BCUT2D eigenvalue weighted by Crippen LogP contribution is 2.68. The average molecular weight is 1110 g/mol. The molecule has 0 nitrogen and oxygen atoms in total. The van der Waals surface area contributed by atoms with Crippen molar-refractivity contribution in [2.45, 2.75) is 158 Å². The Hall–Kier alpha value is -5.46. The van der Waals surface area contributed by atoms with Crippen molar-refractivity contribution < 1.29 is 0 Å². The van der Waals surface area contributed by atoms with Crippen molar-refractivity contribution in [2.75, 3.05) is 0 Å². The minimum absolute atomic E-state index is 0.0966. The average Bonchev–Trinajstić information content (AvgIpc) is 1.58. The second kappa shape index (κ2) is 23.0. The van der Waals surface area contributed by atoms with Crippen LogP contribution in [0.1, 0.15) is 170 Å². The molecule has 4 fully saturated rings. The Kier molecular flexibility index (Phi) is 16.1. The van der Waals surface area contributed by atoms with Gasteiger partial charge in [0, 0.05) is 10.8 Å². The van der Waals surface area contributed by atoms with Crippen LogP contribution >= 0.6 is 0 Å². The van der Waals surface area contributed by atoms with Crippen LogP contribution < -0.4 is 0 Å². The SMILES string of the molecule is CC(C)(C)C1=CC2C(C=C1)C1C=CC(C(C)(C)C)=CC1C2C(c1ccccc1)(c1ccccc1)C1CCC(CC/C=C/CCC2CCC(C(c3ccccc3)(c3ccccc3)C3C4C=C(C(C)(C)C)C=CC4C4C=CC(C(C)(C)C)=CC43)C2)C1. The van der Waals surface area contributed by atoms with Crippen molar-refractivity contribution in [1.29, 1.82) is 0 Å². The molecule has 0 spiro atoms. The molecule has 4 saturated carbocycles. The quantitative estimate of drug-likeness (QED) is 0.110. The number of hydrogen-bond donors (Lipinski definition) is 0. The van der Waals surface area contributed by atoms with E-state index < -0.39 is 0 Å². The molecule has 0 saturated heterocycles. The zero-order chi connectivity index (χ0) is 58.8. The molecule has 0 aromatic heterocycles. The van der Waals surface area contributed by atoms with Crippen LogP contribution in [-0.2, 0) is 10.8 Å². The molecule has 84 heavy (non-hydrogen) atoms. The van der Waals surface area contributed by atoms with Gasteiger partial charge in [0.1, 0.15) is 0 Å². The first-order chi connectivity index (χ1) is 40.2. The number of allylic oxidation sites excluding steroid dienone is 18. The van der Waals surface area contributed by atoms with Crippen LogP contribution in [0.2, 0.25) is 0 Å². The normalized spacial score (nSPS) is 31.3. The molecule has 12 atom stereocenters. The van der Waals surface area contributed by atoms with Crippen LogP contribution in [0.4, 0.5) is 0 Å². The Morgan fingerprint density at radius 2 is 0.571 bits per heavy atom. The van der Waals surface area contributed by atoms with Crippen LogP contribution in [0.3, 0.4) is 0 Å². The first-order valence-electron chi connectivity index (χ1n) is 33.7. The van der Waals surface area contributed by atoms with Gasteiger partial charge in [-0.1, -0.05) is 302 Å². The molecule has 4 aromatic rings. The van der Waals surface area contributed by atoms with Gasteiger partial charge in [-0.25, -0.2) is 0 Å². The Labute approximate surface area is 510 Å². The van der Waals surface area contributed by atoms with Crippen LogP contribution in [0.25, 0.3) is 0 Å². The largest absolute Gasteiger partial charge is 0.0885 e. The fourth-order valence-electron chi connectivity index (χ4n) is 19.4. The summed E-state index contributed by atoms with van der Waals surface area (Å²) in [5.41, 5.74) is 12.3. The number of benzene rings is 4. The predicted octanol–water partition coefficient (Wildman–Crippen LogP) is 22.3. The minimum Gasteiger partial charge on any atom is -0.0885 e. The lowest BCUT2D eigenvalue weighted by molar-refractivity contribution is 0.153. The molecule has 0 aliphatic heterocycles. The first kappa shape index (κ1) is 58.9. The summed E-state index contributed by atoms with van der Waals surface area (Å²) in [5, 5.41) is 0. The van der Waals surface area contributed by atoms with E-state index in [4.69, 9.17) is 0 Å². The third-order valence-corrected chi connectivity index (χ3v) is 23.3. The van der Waals surface area contributed by atoms with Gasteiger partial charge >= 0.3 is 0 Å². The molecule has 0 N–H and O–H groups in total. The maximum Gasteiger partial charge on any atom is 0.0270 e. The van der Waals surface area contributed by atoms with E-state index in [0.29, 0.717) is 71.0 Å². The molecule has 4 aromatic carbocycles. The van der Waals surface area contributed by atoms with Gasteiger partial charge in [0.05, 0.1) is 0 Å². The molecule has 8 aliphatic rings. The molecular formula is C84H104. The van der Waals surface area contributed by atoms with Crippen molar-refractivity contribution >= 4 is 0 Å². The predicted molar refractivity (Wildman–Crippen MR) is 358 cm³/mol. The summed E-state index contributed by atoms with van der Waals surface area (Å²) in [4.78, 5) is 0. The second-order valence-electron chi connectivity index (χ2n) is 32.2. The molecule has 12 unspecified atom stereocenters. The number of hydrogen-bond acceptors (Lipinski definition) is 0. The lowest BCUT2D eigenvalue weighted by atomic mass is 9.52. The molecule has 12 rings (SSSR count). The molecule has 0 amide bonds. The summed E-state index contributed by atoms with van der Waals surface area (Å²) in [5.74, 6) is 7.24. The fourth-order valence-corrected chi connectivity index (χ4v) is 19.4. The summed E-state index contributed by atoms with van der Waals surface area (Å²) < 4.78 is 0. The highest BCUT2D eigenvalue weighted by Gasteiger charge is 2.63. The number of rotatable bonds is 14. The van der Waals surface area contributed by atoms with Gasteiger partial charge in [0.25, 0.3) is 0 Å². The highest BCUT2D eigenvalue weighted by atomic mass is 14.7. The van der Waals surface area contributed by atoms with Gasteiger partial charge in [0.15, 0.2) is 0 Å². The van der Waals surface area contributed by atoms with Crippen LogP contribution in [0.15, 0.2) is 229 Å². The van der Waals surface area contributed by atoms with E-state index in [0.717, 1.165) is 11.8 Å². The maximum absolute atomic E-state index is 2.79. The van der Waals surface area contributed by atoms with Crippen molar-refractivity contribution in [3.63, 3.8) is 0 Å². The van der Waals surface area contributed by atoms with Gasteiger partial charge in [-0.05, 0) is 200 Å². The monoisotopic (exact) mass is 1110 g/mol. The van der Waals surface area contributed by atoms with Crippen LogP contribution in [0.5, 0.6) is 0 Å². The number of fused-ring (bicyclic) bond motifs is 6. The van der Waals surface area contributed by atoms with E-state index in [1.165, 1.54) is 109 Å². The van der Waals surface area contributed by atoms with Gasteiger partial charge in [-0.2, -0.15) is 0 Å². The summed E-state index contributed by atoms with van der Waals surface area (Å²) in [7, 11) is 0. The Morgan fingerprint density at radius 1 is 0.321 bits per heavy atom. The van der Waals surface area contributed by atoms with Gasteiger partial charge in [-0.3, -0.25) is 0 Å². The second-order valence-corrected chi connectivity index (χ2v) is 32.2. The van der Waals surface area contributed by atoms with Crippen molar-refractivity contribution in [3.05, 3.63) is 251 Å². The Morgan fingerprint density at radius 3 is 0.810 bits per heavy atom. The summed E-state index contributed by atoms with van der Waals surface area (Å²) in [6, 6.07) is 48.0. The van der Waals surface area contributed by atoms with E-state index in [-0.39, 0.29) is 32.5 Å². The standard InChI is InChI=1S/C84H104/c1-79(2,3)63-43-47-69-70-48-44-64(80(4,5)6)54-74(70)77(73(69)53-63)83(59-31-21-15-22-32-59,60-33-23-16-24-34-60)67-41-39-57(51-67)29-19-13-14-20-30-58-40-42-68(52-58)84(61-35-25-17-26-36-61,62-37-27-18-28-38-62)78-75-55-65(81(7,8)9)45-49-71(75)72-50-46-66(56-76(72)78)82(10,11)12/h13-18,21-28,31-38,43-50,53-58,67-78H,19-20,29-30,39-42,51-52H2,1-12H3/b14-13+. The smallest absolute Gasteiger partial charge is 0.0270 e. The highest BCUT2D eigenvalue weighted by molar-refractivity contribution is 5.51. The first-order valence-corrected chi connectivity index (χ1v) is 33.7. The summed E-state index contributed by atoms with van der Waals surface area (Å²) in [6.07, 6.45) is 49.8. The van der Waals surface area contributed by atoms with E-state index in [1.807, 2.05) is 0 Å². The zero-order valence-electron chi connectivity index (χ0n) is 53.8. The molecule has 440 valence electrons. The lowest BCUT2D eigenvalue weighted by Gasteiger charge is -2.50. The van der Waals surface area contributed by atoms with Gasteiger partial charge in [-0.15, -0.1) is 0 Å². The van der Waals surface area contributed by atoms with Crippen molar-refractivity contribution in [2.24, 2.45) is 105 Å². The summed E-state index contributed by atoms with van der Waals surface area (Å²) >= 11 is 0. The van der Waals surface area contributed by atoms with E-state index in [9.17, 15) is 0 Å². The summed E-state index contributed by atoms with van der Waals surface area (Å²) in [6.45, 7) is 29.1. The van der Waals surface area contributed by atoms with Crippen molar-refractivity contribution in [1.82, 2.24) is 0 Å². The van der Waals surface area contributed by atoms with E-state index in [1.54, 1.807) is 0 Å². The Balaban J connectivity index is 0.800. The van der Waals surface area contributed by atoms with Gasteiger partial charge in [0.2, 0.25) is 0 Å². The van der Waals surface area contributed by atoms with E-state index >= 15 is 0 Å². The topological polar surface area (TPSA) is 0 Å². The fraction of sp³-hybridized carbons (Fsp3) is 0.500. The Bertz CT molecular complexity index is 2820. The van der Waals surface area contributed by atoms with Gasteiger partial charge < -0.3 is 0 Å². The third-order valence-electron chi connectivity index (χ3n) is 23.3.